The largest absolute Gasteiger partial charge is 0.545 e. The van der Waals surface area contributed by atoms with Gasteiger partial charge in [-0.3, -0.25) is 4.90 Å². The summed E-state index contributed by atoms with van der Waals surface area (Å²) < 4.78 is 3.99. The molecule has 0 amide bonds. The van der Waals surface area contributed by atoms with E-state index in [1.165, 1.54) is 5.69 Å². The van der Waals surface area contributed by atoms with Crippen LogP contribution in [-0.2, 0) is 14.1 Å². The van der Waals surface area contributed by atoms with Gasteiger partial charge in [-0.2, -0.15) is 0 Å². The highest BCUT2D eigenvalue weighted by atomic mass is 16.4. The van der Waals surface area contributed by atoms with Gasteiger partial charge in [-0.1, -0.05) is 97.1 Å². The Morgan fingerprint density at radius 3 is 1.65 bits per heavy atom. The predicted octanol–water partition coefficient (Wildman–Crippen LogP) is 4.35. The number of nitrogens with zero attached hydrogens (tertiary/aromatic N) is 5. The Kier molecular flexibility index (Phi) is 11.4. The molecule has 6 aromatic carbocycles. The summed E-state index contributed by atoms with van der Waals surface area (Å²) in [6, 6.07) is 45.3. The van der Waals surface area contributed by atoms with Crippen molar-refractivity contribution in [2.24, 2.45) is 14.1 Å². The van der Waals surface area contributed by atoms with Crippen LogP contribution in [0.3, 0.4) is 0 Å². The second-order valence-corrected chi connectivity index (χ2v) is 14.8. The Labute approximate surface area is 348 Å². The van der Waals surface area contributed by atoms with E-state index in [1.807, 2.05) is 123 Å². The fraction of sp³-hybridized carbons (Fsp3) is 0.167. The molecule has 0 radical (unpaired) electrons. The molecule has 0 aliphatic carbocycles. The number of para-hydroxylation sites is 6. The van der Waals surface area contributed by atoms with Crippen LogP contribution in [0.2, 0.25) is 0 Å². The Morgan fingerprint density at radius 2 is 1.07 bits per heavy atom. The van der Waals surface area contributed by atoms with Gasteiger partial charge in [-0.15, -0.1) is 0 Å². The lowest BCUT2D eigenvalue weighted by Crippen LogP contribution is -3.04. The van der Waals surface area contributed by atoms with Crippen LogP contribution in [0, 0.1) is 0 Å². The van der Waals surface area contributed by atoms with E-state index in [0.717, 1.165) is 49.9 Å². The summed E-state index contributed by atoms with van der Waals surface area (Å²) in [7, 11) is 11.9. The quantitative estimate of drug-likeness (QED) is 0.235. The third kappa shape index (κ3) is 7.29. The topological polar surface area (TPSA) is 141 Å². The first kappa shape index (κ1) is 40.7. The molecule has 0 bridgehead atoms. The molecule has 7 aromatic rings. The molecular weight excluding hydrogens is 757 g/mol. The molecular formula is C48H46N6O6. The zero-order valence-electron chi connectivity index (χ0n) is 34.2. The number of quaternary nitrogens is 1. The lowest BCUT2D eigenvalue weighted by Gasteiger charge is -2.29. The van der Waals surface area contributed by atoms with Gasteiger partial charge in [-0.05, 0) is 42.5 Å². The van der Waals surface area contributed by atoms with Crippen LogP contribution in [0.15, 0.2) is 146 Å². The van der Waals surface area contributed by atoms with Crippen molar-refractivity contribution >= 4 is 51.7 Å². The van der Waals surface area contributed by atoms with E-state index in [1.54, 1.807) is 42.5 Å². The number of carboxylic acids is 3. The molecule has 9 rings (SSSR count). The maximum atomic E-state index is 11.4. The van der Waals surface area contributed by atoms with E-state index in [-0.39, 0.29) is 23.5 Å². The normalized spacial score (nSPS) is 15.4. The van der Waals surface area contributed by atoms with Crippen LogP contribution in [0.4, 0.5) is 22.7 Å². The number of carboxylic acid groups (broad SMARTS) is 3. The molecule has 60 heavy (non-hydrogen) atoms. The molecule has 0 saturated heterocycles. The maximum absolute atomic E-state index is 11.4. The van der Waals surface area contributed by atoms with Crippen molar-refractivity contribution in [1.82, 2.24) is 4.57 Å². The summed E-state index contributed by atoms with van der Waals surface area (Å²) in [6.07, 6.45) is -0.152. The molecule has 2 atom stereocenters. The Bertz CT molecular complexity index is 2530. The number of aromatic carboxylic acids is 3. The molecule has 304 valence electrons. The van der Waals surface area contributed by atoms with Gasteiger partial charge < -0.3 is 39.6 Å². The zero-order chi connectivity index (χ0) is 42.8. The van der Waals surface area contributed by atoms with Crippen molar-refractivity contribution in [1.29, 1.82) is 0 Å². The SMILES string of the molecule is CN1c2ccccc2N(C)C1c1ccccc1C(=O)O.CN1c2ccccc2[NH+](C)C1c1ccccc1C(=O)[O-].Cn1c(-c2ccccc2C(=O)[O-])[n+](C)c2ccccc21. The first-order chi connectivity index (χ1) is 28.8. The number of nitrogens with one attached hydrogen (secondary N) is 1. The van der Waals surface area contributed by atoms with E-state index in [9.17, 15) is 29.7 Å². The van der Waals surface area contributed by atoms with Gasteiger partial charge in [0.25, 0.3) is 5.82 Å². The monoisotopic (exact) mass is 802 g/mol. The molecule has 12 nitrogen and oxygen atoms in total. The number of benzene rings is 6. The fourth-order valence-electron chi connectivity index (χ4n) is 8.67. The summed E-state index contributed by atoms with van der Waals surface area (Å²) in [4.78, 5) is 41.6. The number of rotatable bonds is 6. The minimum Gasteiger partial charge on any atom is -0.545 e. The Morgan fingerprint density at radius 1 is 0.583 bits per heavy atom. The van der Waals surface area contributed by atoms with Crippen LogP contribution < -0.4 is 34.4 Å². The predicted molar refractivity (Wildman–Crippen MR) is 228 cm³/mol. The molecule has 0 spiro atoms. The highest BCUT2D eigenvalue weighted by Crippen LogP contribution is 2.44. The minimum atomic E-state index is -1.16. The number of imidazole rings is 1. The lowest BCUT2D eigenvalue weighted by atomic mass is 10.0. The minimum absolute atomic E-state index is 0.0542. The zero-order valence-corrected chi connectivity index (χ0v) is 34.2. The van der Waals surface area contributed by atoms with Gasteiger partial charge in [0.1, 0.15) is 11.9 Å². The second kappa shape index (κ2) is 16.8. The molecule has 2 aliphatic heterocycles. The number of aromatic nitrogens is 2. The van der Waals surface area contributed by atoms with Crippen LogP contribution in [0.5, 0.6) is 0 Å². The van der Waals surface area contributed by atoms with Gasteiger partial charge in [0.05, 0.1) is 55.6 Å². The van der Waals surface area contributed by atoms with Gasteiger partial charge in [0, 0.05) is 49.5 Å². The number of anilines is 3. The summed E-state index contributed by atoms with van der Waals surface area (Å²) >= 11 is 0. The number of aryl methyl sites for hydroxylation is 2. The van der Waals surface area contributed by atoms with E-state index in [2.05, 4.69) is 46.0 Å². The number of fused-ring (bicyclic) bond motifs is 3. The van der Waals surface area contributed by atoms with Crippen molar-refractivity contribution in [2.45, 2.75) is 12.3 Å². The van der Waals surface area contributed by atoms with Gasteiger partial charge in [-0.25, -0.2) is 13.9 Å². The molecule has 3 heterocycles. The van der Waals surface area contributed by atoms with E-state index in [0.29, 0.717) is 11.1 Å². The number of hydrogen-bond donors (Lipinski definition) is 2. The van der Waals surface area contributed by atoms with Crippen molar-refractivity contribution in [3.63, 3.8) is 0 Å². The average Bonchev–Trinajstić information content (AvgIpc) is 3.78. The highest BCUT2D eigenvalue weighted by Gasteiger charge is 2.38. The van der Waals surface area contributed by atoms with Gasteiger partial charge in [0.2, 0.25) is 0 Å². The van der Waals surface area contributed by atoms with Gasteiger partial charge >= 0.3 is 5.97 Å². The van der Waals surface area contributed by atoms with E-state index < -0.39 is 17.9 Å². The van der Waals surface area contributed by atoms with Crippen LogP contribution in [0.1, 0.15) is 54.5 Å². The summed E-state index contributed by atoms with van der Waals surface area (Å²) in [5.74, 6) is -2.34. The first-order valence-corrected chi connectivity index (χ1v) is 19.4. The Balaban J connectivity index is 0.000000136. The average molecular weight is 803 g/mol. The summed E-state index contributed by atoms with van der Waals surface area (Å²) in [5.41, 5.74) is 9.70. The summed E-state index contributed by atoms with van der Waals surface area (Å²) in [6.45, 7) is 0. The second-order valence-electron chi connectivity index (χ2n) is 14.8. The summed E-state index contributed by atoms with van der Waals surface area (Å²) in [5, 5.41) is 32.0. The van der Waals surface area contributed by atoms with Gasteiger partial charge in [0.15, 0.2) is 22.9 Å². The first-order valence-electron chi connectivity index (χ1n) is 19.4. The number of carbonyl (C=O) groups is 3. The number of hydrogen-bond acceptors (Lipinski definition) is 8. The molecule has 12 heteroatoms. The van der Waals surface area contributed by atoms with Crippen LogP contribution in [-0.4, -0.2) is 55.8 Å². The van der Waals surface area contributed by atoms with E-state index in [4.69, 9.17) is 0 Å². The molecule has 0 saturated carbocycles. The molecule has 0 fully saturated rings. The molecule has 2 N–H and O–H groups in total. The Hall–Kier alpha value is -7.44. The smallest absolute Gasteiger partial charge is 0.336 e. The molecule has 2 unspecified atom stereocenters. The third-order valence-electron chi connectivity index (χ3n) is 11.5. The highest BCUT2D eigenvalue weighted by molar-refractivity contribution is 5.94. The van der Waals surface area contributed by atoms with Crippen molar-refractivity contribution in [3.8, 4) is 11.4 Å². The van der Waals surface area contributed by atoms with Crippen molar-refractivity contribution in [2.75, 3.05) is 42.9 Å². The van der Waals surface area contributed by atoms with E-state index >= 15 is 0 Å². The standard InChI is InChI=1S/2C16H16N2O2.C16H14N2O2/c3*1-17-13-9-5-6-10-14(13)18(2)15(17)11-7-3-4-8-12(11)16(19)20/h2*3-10,15H,1-2H3,(H,19,20);3-10H,1-2H3. The van der Waals surface area contributed by atoms with Crippen molar-refractivity contribution in [3.05, 3.63) is 173 Å². The number of carbonyl (C=O) groups excluding carboxylic acids is 2. The van der Waals surface area contributed by atoms with Crippen LogP contribution >= 0.6 is 0 Å². The maximum Gasteiger partial charge on any atom is 0.336 e. The third-order valence-corrected chi connectivity index (χ3v) is 11.5. The lowest BCUT2D eigenvalue weighted by molar-refractivity contribution is -0.838. The van der Waals surface area contributed by atoms with Crippen LogP contribution in [0.25, 0.3) is 22.4 Å². The fourth-order valence-corrected chi connectivity index (χ4v) is 8.67. The van der Waals surface area contributed by atoms with Crippen molar-refractivity contribution < 1.29 is 39.2 Å². The molecule has 2 aliphatic rings. The molecule has 1 aromatic heterocycles.